The van der Waals surface area contributed by atoms with E-state index in [0.29, 0.717) is 28.6 Å². The molecule has 0 saturated carbocycles. The van der Waals surface area contributed by atoms with Gasteiger partial charge in [0.2, 0.25) is 0 Å². The Kier molecular flexibility index (Phi) is 7.08. The molecule has 150 valence electrons. The maximum atomic E-state index is 12.5. The molecular formula is C20H24N2O6. The number of ether oxygens (including phenoxy) is 4. The maximum Gasteiger partial charge on any atom is 0.255 e. The Hall–Kier alpha value is -3.42. The molecule has 2 rings (SSSR count). The van der Waals surface area contributed by atoms with Gasteiger partial charge in [-0.2, -0.15) is 0 Å². The van der Waals surface area contributed by atoms with Crippen LogP contribution in [0.3, 0.4) is 0 Å². The number of rotatable bonds is 9. The second-order valence-corrected chi connectivity index (χ2v) is 5.93. The van der Waals surface area contributed by atoms with Crippen LogP contribution in [-0.2, 0) is 11.3 Å². The van der Waals surface area contributed by atoms with Crippen LogP contribution < -0.4 is 30.0 Å². The van der Waals surface area contributed by atoms with Gasteiger partial charge in [-0.1, -0.05) is 6.07 Å². The van der Waals surface area contributed by atoms with Crippen LogP contribution in [0.15, 0.2) is 30.3 Å². The molecule has 0 radical (unpaired) electrons. The fourth-order valence-electron chi connectivity index (χ4n) is 2.59. The number of nitrogens with two attached hydrogens (primary N) is 1. The van der Waals surface area contributed by atoms with Gasteiger partial charge in [0, 0.05) is 17.7 Å². The standard InChI is InChI=1S/C20H24N2O6/c1-12-16(25-2)8-14(9-17(12)26-3)20(24)22-10-13-5-6-15(18(7-13)27-4)28-11-19(21)23/h5-9H,10-11H2,1-4H3,(H2,21,23)(H,22,24). The fraction of sp³-hybridized carbons (Fsp3) is 0.300. The van der Waals surface area contributed by atoms with Gasteiger partial charge in [-0.15, -0.1) is 0 Å². The van der Waals surface area contributed by atoms with Gasteiger partial charge < -0.3 is 30.0 Å². The van der Waals surface area contributed by atoms with Crippen molar-refractivity contribution in [1.82, 2.24) is 5.32 Å². The minimum Gasteiger partial charge on any atom is -0.496 e. The van der Waals surface area contributed by atoms with Crippen LogP contribution >= 0.6 is 0 Å². The van der Waals surface area contributed by atoms with Gasteiger partial charge in [0.05, 0.1) is 21.3 Å². The van der Waals surface area contributed by atoms with E-state index in [0.717, 1.165) is 11.1 Å². The van der Waals surface area contributed by atoms with Crippen LogP contribution in [0.25, 0.3) is 0 Å². The molecule has 0 bridgehead atoms. The van der Waals surface area contributed by atoms with E-state index in [4.69, 9.17) is 24.7 Å². The van der Waals surface area contributed by atoms with Gasteiger partial charge in [0.15, 0.2) is 18.1 Å². The normalized spacial score (nSPS) is 10.1. The van der Waals surface area contributed by atoms with Crippen molar-refractivity contribution in [3.63, 3.8) is 0 Å². The topological polar surface area (TPSA) is 109 Å². The molecule has 2 aromatic carbocycles. The highest BCUT2D eigenvalue weighted by Gasteiger charge is 2.14. The Bertz CT molecular complexity index is 841. The van der Waals surface area contributed by atoms with Crippen LogP contribution in [0.4, 0.5) is 0 Å². The van der Waals surface area contributed by atoms with Crippen LogP contribution in [0.2, 0.25) is 0 Å². The summed E-state index contributed by atoms with van der Waals surface area (Å²) in [6.07, 6.45) is 0. The quantitative estimate of drug-likeness (QED) is 0.678. The highest BCUT2D eigenvalue weighted by atomic mass is 16.5. The van der Waals surface area contributed by atoms with Crippen LogP contribution in [0, 0.1) is 6.92 Å². The van der Waals surface area contributed by atoms with Crippen LogP contribution in [0.5, 0.6) is 23.0 Å². The summed E-state index contributed by atoms with van der Waals surface area (Å²) in [6.45, 7) is 1.88. The van der Waals surface area contributed by atoms with E-state index in [9.17, 15) is 9.59 Å². The van der Waals surface area contributed by atoms with E-state index in [1.807, 2.05) is 6.92 Å². The van der Waals surface area contributed by atoms with Crippen molar-refractivity contribution in [3.8, 4) is 23.0 Å². The Balaban J connectivity index is 2.11. The van der Waals surface area contributed by atoms with Gasteiger partial charge >= 0.3 is 0 Å². The number of hydrogen-bond acceptors (Lipinski definition) is 6. The fourth-order valence-corrected chi connectivity index (χ4v) is 2.59. The Labute approximate surface area is 163 Å². The Morgan fingerprint density at radius 2 is 1.54 bits per heavy atom. The summed E-state index contributed by atoms with van der Waals surface area (Å²) in [4.78, 5) is 23.4. The second-order valence-electron chi connectivity index (χ2n) is 5.93. The van der Waals surface area contributed by atoms with E-state index >= 15 is 0 Å². The molecule has 0 saturated heterocycles. The van der Waals surface area contributed by atoms with E-state index in [1.165, 1.54) is 21.3 Å². The average Bonchev–Trinajstić information content (AvgIpc) is 2.70. The third kappa shape index (κ3) is 5.06. The third-order valence-electron chi connectivity index (χ3n) is 4.07. The summed E-state index contributed by atoms with van der Waals surface area (Å²) in [5.74, 6) is 1.12. The van der Waals surface area contributed by atoms with Gasteiger partial charge in [-0.05, 0) is 36.8 Å². The zero-order valence-electron chi connectivity index (χ0n) is 16.3. The summed E-state index contributed by atoms with van der Waals surface area (Å²) in [5, 5.41) is 2.84. The summed E-state index contributed by atoms with van der Waals surface area (Å²) in [7, 11) is 4.56. The molecule has 0 atom stereocenters. The summed E-state index contributed by atoms with van der Waals surface area (Å²) >= 11 is 0. The van der Waals surface area contributed by atoms with Crippen molar-refractivity contribution in [3.05, 3.63) is 47.0 Å². The minimum atomic E-state index is -0.581. The Morgan fingerprint density at radius 1 is 0.929 bits per heavy atom. The van der Waals surface area contributed by atoms with E-state index in [1.54, 1.807) is 30.3 Å². The van der Waals surface area contributed by atoms with E-state index in [2.05, 4.69) is 5.32 Å². The lowest BCUT2D eigenvalue weighted by Gasteiger charge is -2.14. The molecular weight excluding hydrogens is 364 g/mol. The van der Waals surface area contributed by atoms with Crippen molar-refractivity contribution in [1.29, 1.82) is 0 Å². The predicted octanol–water partition coefficient (Wildman–Crippen LogP) is 1.81. The molecule has 0 aliphatic heterocycles. The van der Waals surface area contributed by atoms with E-state index in [-0.39, 0.29) is 19.1 Å². The number of carbonyl (C=O) groups excluding carboxylic acids is 2. The molecule has 28 heavy (non-hydrogen) atoms. The number of hydrogen-bond donors (Lipinski definition) is 2. The predicted molar refractivity (Wildman–Crippen MR) is 103 cm³/mol. The van der Waals surface area contributed by atoms with Crippen molar-refractivity contribution in [2.45, 2.75) is 13.5 Å². The highest BCUT2D eigenvalue weighted by Crippen LogP contribution is 2.30. The van der Waals surface area contributed by atoms with Crippen molar-refractivity contribution >= 4 is 11.8 Å². The third-order valence-corrected chi connectivity index (χ3v) is 4.07. The number of benzene rings is 2. The first-order valence-electron chi connectivity index (χ1n) is 8.48. The largest absolute Gasteiger partial charge is 0.496 e. The molecule has 0 unspecified atom stereocenters. The number of carbonyl (C=O) groups is 2. The lowest BCUT2D eigenvalue weighted by Crippen LogP contribution is -2.23. The molecule has 0 fully saturated rings. The highest BCUT2D eigenvalue weighted by molar-refractivity contribution is 5.95. The number of nitrogens with one attached hydrogen (secondary N) is 1. The first-order chi connectivity index (χ1) is 13.4. The molecule has 0 heterocycles. The molecule has 3 N–H and O–H groups in total. The average molecular weight is 388 g/mol. The van der Waals surface area contributed by atoms with Gasteiger partial charge in [0.25, 0.3) is 11.8 Å². The smallest absolute Gasteiger partial charge is 0.255 e. The van der Waals surface area contributed by atoms with Crippen LogP contribution in [-0.4, -0.2) is 39.8 Å². The summed E-state index contributed by atoms with van der Waals surface area (Å²) in [5.41, 5.74) is 7.11. The first-order valence-corrected chi connectivity index (χ1v) is 8.48. The molecule has 8 heteroatoms. The number of primary amides is 1. The molecule has 0 aliphatic carbocycles. The lowest BCUT2D eigenvalue weighted by atomic mass is 10.1. The molecule has 2 aromatic rings. The summed E-state index contributed by atoms with van der Waals surface area (Å²) < 4.78 is 21.1. The van der Waals surface area contributed by atoms with Gasteiger partial charge in [-0.25, -0.2) is 0 Å². The molecule has 0 aromatic heterocycles. The molecule has 8 nitrogen and oxygen atoms in total. The van der Waals surface area contributed by atoms with Crippen LogP contribution in [0.1, 0.15) is 21.5 Å². The first kappa shape index (κ1) is 20.9. The molecule has 2 amide bonds. The lowest BCUT2D eigenvalue weighted by molar-refractivity contribution is -0.119. The van der Waals surface area contributed by atoms with Gasteiger partial charge in [-0.3, -0.25) is 9.59 Å². The number of amides is 2. The van der Waals surface area contributed by atoms with Crippen molar-refractivity contribution < 1.29 is 28.5 Å². The zero-order chi connectivity index (χ0) is 20.7. The van der Waals surface area contributed by atoms with Gasteiger partial charge in [0.1, 0.15) is 11.5 Å². The zero-order valence-corrected chi connectivity index (χ0v) is 16.3. The SMILES string of the molecule is COc1cc(CNC(=O)c2cc(OC)c(C)c(OC)c2)ccc1OCC(N)=O. The molecule has 0 spiro atoms. The Morgan fingerprint density at radius 3 is 2.07 bits per heavy atom. The molecule has 0 aliphatic rings. The monoisotopic (exact) mass is 388 g/mol. The number of methoxy groups -OCH3 is 3. The maximum absolute atomic E-state index is 12.5. The minimum absolute atomic E-state index is 0.246. The second kappa shape index (κ2) is 9.50. The summed E-state index contributed by atoms with van der Waals surface area (Å²) in [6, 6.07) is 8.45. The van der Waals surface area contributed by atoms with Crippen molar-refractivity contribution in [2.24, 2.45) is 5.73 Å². The van der Waals surface area contributed by atoms with E-state index < -0.39 is 5.91 Å². The van der Waals surface area contributed by atoms with Crippen molar-refractivity contribution in [2.75, 3.05) is 27.9 Å².